The maximum atomic E-state index is 13.1. The Bertz CT molecular complexity index is 1010. The average molecular weight is 391 g/mol. The molecule has 3 rings (SSSR count). The summed E-state index contributed by atoms with van der Waals surface area (Å²) in [4.78, 5) is 37.9. The van der Waals surface area contributed by atoms with Gasteiger partial charge < -0.3 is 10.1 Å². The molecule has 1 amide bonds. The molecular weight excluding hydrogens is 376 g/mol. The van der Waals surface area contributed by atoms with Crippen LogP contribution in [0.1, 0.15) is 29.2 Å². The lowest BCUT2D eigenvalue weighted by molar-refractivity contribution is -0.114. The van der Waals surface area contributed by atoms with Crippen molar-refractivity contribution in [1.82, 2.24) is 4.57 Å². The highest BCUT2D eigenvalue weighted by molar-refractivity contribution is 7.12. The number of ether oxygens (including phenoxy) is 1. The van der Waals surface area contributed by atoms with Crippen molar-refractivity contribution in [3.8, 4) is 0 Å². The van der Waals surface area contributed by atoms with Crippen LogP contribution >= 0.6 is 22.9 Å². The highest BCUT2D eigenvalue weighted by Gasteiger charge is 2.29. The smallest absolute Gasteiger partial charge is 0.419 e. The molecule has 1 aromatic carbocycles. The number of anilines is 1. The van der Waals surface area contributed by atoms with E-state index in [1.165, 1.54) is 18.3 Å². The van der Waals surface area contributed by atoms with Gasteiger partial charge in [0.2, 0.25) is 11.7 Å². The van der Waals surface area contributed by atoms with Crippen molar-refractivity contribution in [3.63, 3.8) is 0 Å². The molecule has 2 heterocycles. The molecule has 6 nitrogen and oxygen atoms in total. The zero-order valence-electron chi connectivity index (χ0n) is 14.0. The average Bonchev–Trinajstić information content (AvgIpc) is 3.20. The van der Waals surface area contributed by atoms with Crippen molar-refractivity contribution in [2.24, 2.45) is 0 Å². The third kappa shape index (κ3) is 3.23. The summed E-state index contributed by atoms with van der Waals surface area (Å²) in [7, 11) is 0. The summed E-state index contributed by atoms with van der Waals surface area (Å²) in [5.74, 6) is -0.743. The number of hydrogen-bond donors (Lipinski definition) is 1. The van der Waals surface area contributed by atoms with Crippen LogP contribution in [0.15, 0.2) is 35.7 Å². The minimum absolute atomic E-state index is 0.0402. The lowest BCUT2D eigenvalue weighted by atomic mass is 10.1. The van der Waals surface area contributed by atoms with Crippen molar-refractivity contribution < 1.29 is 19.1 Å². The highest BCUT2D eigenvalue weighted by atomic mass is 35.5. The minimum atomic E-state index is -0.712. The molecule has 1 N–H and O–H groups in total. The third-order valence-corrected chi connectivity index (χ3v) is 4.75. The molecule has 134 valence electrons. The minimum Gasteiger partial charge on any atom is -0.449 e. The van der Waals surface area contributed by atoms with E-state index in [1.807, 2.05) is 0 Å². The molecular formula is C18H15ClN2O4S. The molecule has 0 aliphatic rings. The quantitative estimate of drug-likeness (QED) is 0.663. The number of carbonyl (C=O) groups is 3. The summed E-state index contributed by atoms with van der Waals surface area (Å²) in [6.07, 6.45) is -0.712. The van der Waals surface area contributed by atoms with Gasteiger partial charge in [-0.1, -0.05) is 17.7 Å². The van der Waals surface area contributed by atoms with Gasteiger partial charge in [0.1, 0.15) is 5.69 Å². The molecule has 0 aliphatic heterocycles. The Hall–Kier alpha value is -2.64. The second kappa shape index (κ2) is 7.31. The molecule has 0 atom stereocenters. The van der Waals surface area contributed by atoms with Gasteiger partial charge in [-0.25, -0.2) is 9.36 Å². The van der Waals surface area contributed by atoms with Crippen LogP contribution in [0.25, 0.3) is 10.9 Å². The maximum absolute atomic E-state index is 13.1. The SMILES string of the molecule is CCOC(=O)n1c(C(=O)c2cccs2)c(NC(C)=O)c2ccc(Cl)cc21. The Labute approximate surface area is 158 Å². The first-order valence-corrected chi connectivity index (χ1v) is 9.06. The van der Waals surface area contributed by atoms with Crippen molar-refractivity contribution >= 4 is 57.3 Å². The van der Waals surface area contributed by atoms with E-state index in [9.17, 15) is 14.4 Å². The molecule has 0 unspecified atom stereocenters. The van der Waals surface area contributed by atoms with E-state index < -0.39 is 6.09 Å². The van der Waals surface area contributed by atoms with E-state index in [0.29, 0.717) is 20.8 Å². The number of aromatic nitrogens is 1. The fourth-order valence-corrected chi connectivity index (χ4v) is 3.51. The number of amides is 1. The van der Waals surface area contributed by atoms with Crippen LogP contribution in [0.2, 0.25) is 5.02 Å². The number of hydrogen-bond acceptors (Lipinski definition) is 5. The van der Waals surface area contributed by atoms with E-state index in [1.54, 1.807) is 42.6 Å². The van der Waals surface area contributed by atoms with Crippen LogP contribution in [-0.2, 0) is 9.53 Å². The van der Waals surface area contributed by atoms with Crippen molar-refractivity contribution in [2.75, 3.05) is 11.9 Å². The van der Waals surface area contributed by atoms with Gasteiger partial charge in [-0.15, -0.1) is 11.3 Å². The number of nitrogens with zero attached hydrogens (tertiary/aromatic N) is 1. The molecule has 26 heavy (non-hydrogen) atoms. The zero-order chi connectivity index (χ0) is 18.8. The summed E-state index contributed by atoms with van der Waals surface area (Å²) in [6.45, 7) is 3.15. The second-order valence-electron chi connectivity index (χ2n) is 5.41. The third-order valence-electron chi connectivity index (χ3n) is 3.64. The molecule has 0 radical (unpaired) electrons. The molecule has 0 saturated carbocycles. The number of fused-ring (bicyclic) bond motifs is 1. The van der Waals surface area contributed by atoms with Crippen molar-refractivity contribution in [3.05, 3.63) is 51.3 Å². The van der Waals surface area contributed by atoms with Gasteiger partial charge in [-0.2, -0.15) is 0 Å². The van der Waals surface area contributed by atoms with E-state index in [-0.39, 0.29) is 29.7 Å². The van der Waals surface area contributed by atoms with Gasteiger partial charge in [0.25, 0.3) is 0 Å². The van der Waals surface area contributed by atoms with Gasteiger partial charge in [-0.05, 0) is 36.6 Å². The first kappa shape index (κ1) is 18.2. The van der Waals surface area contributed by atoms with Crippen LogP contribution in [0.3, 0.4) is 0 Å². The van der Waals surface area contributed by atoms with E-state index in [4.69, 9.17) is 16.3 Å². The van der Waals surface area contributed by atoms with Gasteiger partial charge >= 0.3 is 6.09 Å². The Kier molecular flexibility index (Phi) is 5.11. The summed E-state index contributed by atoms with van der Waals surface area (Å²) in [6, 6.07) is 8.24. The number of benzene rings is 1. The fourth-order valence-electron chi connectivity index (χ4n) is 2.68. The first-order chi connectivity index (χ1) is 12.4. The lowest BCUT2D eigenvalue weighted by Crippen LogP contribution is -2.20. The first-order valence-electron chi connectivity index (χ1n) is 7.81. The predicted octanol–water partition coefficient (Wildman–Crippen LogP) is 4.55. The lowest BCUT2D eigenvalue weighted by Gasteiger charge is -2.09. The standard InChI is InChI=1S/C18H15ClN2O4S/c1-3-25-18(24)21-13-9-11(19)6-7-12(13)15(20-10(2)22)16(21)17(23)14-5-4-8-26-14/h4-9H,3H2,1-2H3,(H,20,22). The number of carbonyl (C=O) groups excluding carboxylic acids is 3. The Morgan fingerprint density at radius 3 is 2.65 bits per heavy atom. The van der Waals surface area contributed by atoms with Gasteiger partial charge in [0.15, 0.2) is 0 Å². The van der Waals surface area contributed by atoms with Gasteiger partial charge in [-0.3, -0.25) is 9.59 Å². The number of rotatable bonds is 4. The molecule has 0 fully saturated rings. The van der Waals surface area contributed by atoms with E-state index in [0.717, 1.165) is 4.57 Å². The van der Waals surface area contributed by atoms with Crippen molar-refractivity contribution in [1.29, 1.82) is 0 Å². The zero-order valence-corrected chi connectivity index (χ0v) is 15.6. The summed E-state index contributed by atoms with van der Waals surface area (Å²) < 4.78 is 6.29. The molecule has 8 heteroatoms. The summed E-state index contributed by atoms with van der Waals surface area (Å²) in [5.41, 5.74) is 0.689. The molecule has 0 bridgehead atoms. The maximum Gasteiger partial charge on any atom is 0.419 e. The Balaban J connectivity index is 2.37. The number of nitrogens with one attached hydrogen (secondary N) is 1. The summed E-state index contributed by atoms with van der Waals surface area (Å²) in [5, 5.41) is 5.35. The van der Waals surface area contributed by atoms with Crippen LogP contribution in [0, 0.1) is 0 Å². The normalized spacial score (nSPS) is 10.7. The Morgan fingerprint density at radius 1 is 1.27 bits per heavy atom. The van der Waals surface area contributed by atoms with Crippen LogP contribution < -0.4 is 5.32 Å². The molecule has 0 aliphatic carbocycles. The van der Waals surface area contributed by atoms with Gasteiger partial charge in [0.05, 0.1) is 22.7 Å². The predicted molar refractivity (Wildman–Crippen MR) is 101 cm³/mol. The van der Waals surface area contributed by atoms with E-state index in [2.05, 4.69) is 5.32 Å². The van der Waals surface area contributed by atoms with Crippen molar-refractivity contribution in [2.45, 2.75) is 13.8 Å². The van der Waals surface area contributed by atoms with Crippen LogP contribution in [0.5, 0.6) is 0 Å². The van der Waals surface area contributed by atoms with Crippen LogP contribution in [0.4, 0.5) is 10.5 Å². The number of ketones is 1. The second-order valence-corrected chi connectivity index (χ2v) is 6.79. The molecule has 2 aromatic heterocycles. The van der Waals surface area contributed by atoms with Gasteiger partial charge in [0, 0.05) is 17.3 Å². The topological polar surface area (TPSA) is 77.4 Å². The number of halogens is 1. The van der Waals surface area contributed by atoms with E-state index >= 15 is 0 Å². The molecule has 0 saturated heterocycles. The Morgan fingerprint density at radius 2 is 2.04 bits per heavy atom. The summed E-state index contributed by atoms with van der Waals surface area (Å²) >= 11 is 7.33. The monoisotopic (exact) mass is 390 g/mol. The molecule has 0 spiro atoms. The molecule has 3 aromatic rings. The van der Waals surface area contributed by atoms with Crippen LogP contribution in [-0.4, -0.2) is 29.0 Å². The number of thiophene rings is 1. The fraction of sp³-hybridized carbons (Fsp3) is 0.167. The largest absolute Gasteiger partial charge is 0.449 e. The highest BCUT2D eigenvalue weighted by Crippen LogP contribution is 2.35.